The molecule has 0 aliphatic heterocycles. The van der Waals surface area contributed by atoms with E-state index in [9.17, 15) is 4.79 Å². The summed E-state index contributed by atoms with van der Waals surface area (Å²) in [7, 11) is 0. The monoisotopic (exact) mass is 275 g/mol. The van der Waals surface area contributed by atoms with Crippen molar-refractivity contribution < 1.29 is 14.6 Å². The second-order valence-corrected chi connectivity index (χ2v) is 5.46. The lowest BCUT2D eigenvalue weighted by atomic mass is 10.1. The number of nitrogens with one attached hydrogen (secondary N) is 1. The number of benzene rings is 1. The molecule has 4 heteroatoms. The molecule has 4 nitrogen and oxygen atoms in total. The van der Waals surface area contributed by atoms with Gasteiger partial charge in [0.2, 0.25) is 5.91 Å². The summed E-state index contributed by atoms with van der Waals surface area (Å²) in [6.45, 7) is 7.39. The van der Waals surface area contributed by atoms with Crippen LogP contribution in [0.3, 0.4) is 0 Å². The van der Waals surface area contributed by atoms with Gasteiger partial charge in [0.15, 0.2) is 0 Å². The maximum absolute atomic E-state index is 11.9. The van der Waals surface area contributed by atoms with Crippen molar-refractivity contribution >= 4 is 11.6 Å². The van der Waals surface area contributed by atoms with Gasteiger partial charge < -0.3 is 15.2 Å². The van der Waals surface area contributed by atoms with Gasteiger partial charge in [-0.3, -0.25) is 4.79 Å². The average molecular weight is 275 g/mol. The van der Waals surface area contributed by atoms with Gasteiger partial charge in [-0.15, -0.1) is 0 Å². The molecule has 0 aliphatic carbocycles. The molecule has 0 atom stereocenters. The molecule has 0 spiro atoms. The number of rotatable bonds is 3. The van der Waals surface area contributed by atoms with Gasteiger partial charge in [-0.1, -0.05) is 17.9 Å². The number of aliphatic hydroxyl groups is 1. The van der Waals surface area contributed by atoms with Crippen LogP contribution < -0.4 is 5.32 Å². The summed E-state index contributed by atoms with van der Waals surface area (Å²) in [6.07, 6.45) is 0. The largest absolute Gasteiger partial charge is 0.384 e. The fourth-order valence-corrected chi connectivity index (χ4v) is 1.47. The van der Waals surface area contributed by atoms with Crippen molar-refractivity contribution in [3.63, 3.8) is 0 Å². The Hall–Kier alpha value is -1.83. The average Bonchev–Trinajstić information content (AvgIpc) is 2.35. The van der Waals surface area contributed by atoms with Crippen LogP contribution in [0.5, 0.6) is 0 Å². The molecule has 0 unspecified atom stereocenters. The second kappa shape index (κ2) is 7.09. The van der Waals surface area contributed by atoms with Crippen molar-refractivity contribution in [2.24, 2.45) is 0 Å². The first kappa shape index (κ1) is 16.2. The maximum Gasteiger partial charge on any atom is 0.250 e. The number of aryl methyl sites for hydroxylation is 1. The zero-order valence-electron chi connectivity index (χ0n) is 12.4. The van der Waals surface area contributed by atoms with Crippen LogP contribution in [0.4, 0.5) is 5.69 Å². The Labute approximate surface area is 120 Å². The number of anilines is 1. The topological polar surface area (TPSA) is 58.6 Å². The van der Waals surface area contributed by atoms with E-state index in [4.69, 9.17) is 9.84 Å². The fraction of sp³-hybridized carbons (Fsp3) is 0.438. The molecule has 0 aromatic heterocycles. The minimum Gasteiger partial charge on any atom is -0.384 e. The van der Waals surface area contributed by atoms with Crippen LogP contribution in [-0.4, -0.2) is 29.8 Å². The Kier molecular flexibility index (Phi) is 5.75. The predicted octanol–water partition coefficient (Wildman–Crippen LogP) is 2.09. The predicted molar refractivity (Wildman–Crippen MR) is 79.5 cm³/mol. The Morgan fingerprint density at radius 1 is 1.40 bits per heavy atom. The smallest absolute Gasteiger partial charge is 0.250 e. The van der Waals surface area contributed by atoms with Crippen molar-refractivity contribution in [2.45, 2.75) is 33.3 Å². The zero-order chi connectivity index (χ0) is 15.2. The minimum absolute atomic E-state index is 0.00961. The third-order valence-corrected chi connectivity index (χ3v) is 2.39. The first-order valence-corrected chi connectivity index (χ1v) is 6.46. The number of aliphatic hydroxyl groups excluding tert-OH is 1. The van der Waals surface area contributed by atoms with E-state index in [0.717, 1.165) is 5.56 Å². The van der Waals surface area contributed by atoms with Crippen LogP contribution in [0.1, 0.15) is 31.9 Å². The number of ether oxygens (including phenoxy) is 1. The van der Waals surface area contributed by atoms with Gasteiger partial charge in [-0.25, -0.2) is 0 Å². The van der Waals surface area contributed by atoms with Gasteiger partial charge in [0.25, 0.3) is 0 Å². The first-order valence-electron chi connectivity index (χ1n) is 6.46. The Morgan fingerprint density at radius 2 is 2.10 bits per heavy atom. The van der Waals surface area contributed by atoms with E-state index in [0.29, 0.717) is 11.3 Å². The maximum atomic E-state index is 11.9. The second-order valence-electron chi connectivity index (χ2n) is 5.46. The Morgan fingerprint density at radius 3 is 2.70 bits per heavy atom. The molecule has 0 bridgehead atoms. The highest BCUT2D eigenvalue weighted by Gasteiger charge is 2.13. The Bertz CT molecular complexity index is 533. The molecule has 1 rings (SSSR count). The van der Waals surface area contributed by atoms with Gasteiger partial charge in [0.1, 0.15) is 13.2 Å². The van der Waals surface area contributed by atoms with E-state index in [1.807, 2.05) is 45.9 Å². The summed E-state index contributed by atoms with van der Waals surface area (Å²) in [6, 6.07) is 5.57. The quantitative estimate of drug-likeness (QED) is 0.830. The molecule has 0 saturated carbocycles. The van der Waals surface area contributed by atoms with E-state index in [-0.39, 0.29) is 24.7 Å². The van der Waals surface area contributed by atoms with E-state index >= 15 is 0 Å². The number of amides is 1. The van der Waals surface area contributed by atoms with E-state index in [1.54, 1.807) is 0 Å². The highest BCUT2D eigenvalue weighted by molar-refractivity contribution is 5.93. The zero-order valence-corrected chi connectivity index (χ0v) is 12.4. The van der Waals surface area contributed by atoms with Gasteiger partial charge >= 0.3 is 0 Å². The standard InChI is InChI=1S/C16H21NO3/c1-12-7-8-13(6-5-9-18)14(10-12)17-15(19)11-20-16(2,3)4/h7-8,10,18H,9,11H2,1-4H3,(H,17,19). The van der Waals surface area contributed by atoms with E-state index in [1.165, 1.54) is 0 Å². The third-order valence-electron chi connectivity index (χ3n) is 2.39. The number of hydrogen-bond acceptors (Lipinski definition) is 3. The summed E-state index contributed by atoms with van der Waals surface area (Å²) < 4.78 is 5.43. The molecule has 20 heavy (non-hydrogen) atoms. The van der Waals surface area contributed by atoms with E-state index < -0.39 is 0 Å². The van der Waals surface area contributed by atoms with Gasteiger partial charge in [-0.05, 0) is 45.4 Å². The summed E-state index contributed by atoms with van der Waals surface area (Å²) in [4.78, 5) is 11.9. The molecule has 0 radical (unpaired) electrons. The van der Waals surface area contributed by atoms with Crippen LogP contribution >= 0.6 is 0 Å². The lowest BCUT2D eigenvalue weighted by molar-refractivity contribution is -0.125. The molecule has 108 valence electrons. The summed E-state index contributed by atoms with van der Waals surface area (Å²) in [5.74, 6) is 5.16. The Balaban J connectivity index is 2.80. The lowest BCUT2D eigenvalue weighted by Crippen LogP contribution is -2.27. The summed E-state index contributed by atoms with van der Waals surface area (Å²) in [5, 5.41) is 11.5. The van der Waals surface area contributed by atoms with Crippen LogP contribution in [0, 0.1) is 18.8 Å². The third kappa shape index (κ3) is 5.87. The highest BCUT2D eigenvalue weighted by atomic mass is 16.5. The molecule has 1 amide bonds. The molecule has 0 saturated heterocycles. The lowest BCUT2D eigenvalue weighted by Gasteiger charge is -2.19. The van der Waals surface area contributed by atoms with Crippen molar-refractivity contribution in [1.29, 1.82) is 0 Å². The molecule has 1 aromatic carbocycles. The summed E-state index contributed by atoms with van der Waals surface area (Å²) in [5.41, 5.74) is 1.97. The summed E-state index contributed by atoms with van der Waals surface area (Å²) >= 11 is 0. The SMILES string of the molecule is Cc1ccc(C#CCO)c(NC(=O)COC(C)(C)C)c1. The molecular formula is C16H21NO3. The van der Waals surface area contributed by atoms with Gasteiger partial charge in [0, 0.05) is 5.56 Å². The molecule has 2 N–H and O–H groups in total. The fourth-order valence-electron chi connectivity index (χ4n) is 1.47. The van der Waals surface area contributed by atoms with Crippen LogP contribution in [0.2, 0.25) is 0 Å². The minimum atomic E-state index is -0.358. The first-order chi connectivity index (χ1) is 9.31. The molecule has 1 aromatic rings. The van der Waals surface area contributed by atoms with Crippen LogP contribution in [-0.2, 0) is 9.53 Å². The molecule has 0 fully saturated rings. The number of carbonyl (C=O) groups excluding carboxylic acids is 1. The van der Waals surface area contributed by atoms with Crippen LogP contribution in [0.15, 0.2) is 18.2 Å². The van der Waals surface area contributed by atoms with Gasteiger partial charge in [-0.2, -0.15) is 0 Å². The molecular weight excluding hydrogens is 254 g/mol. The molecule has 0 heterocycles. The van der Waals surface area contributed by atoms with Crippen molar-refractivity contribution in [3.05, 3.63) is 29.3 Å². The van der Waals surface area contributed by atoms with Crippen molar-refractivity contribution in [1.82, 2.24) is 0 Å². The van der Waals surface area contributed by atoms with E-state index in [2.05, 4.69) is 17.2 Å². The van der Waals surface area contributed by atoms with Crippen molar-refractivity contribution in [2.75, 3.05) is 18.5 Å². The normalized spacial score (nSPS) is 10.7. The van der Waals surface area contributed by atoms with Crippen molar-refractivity contribution in [3.8, 4) is 11.8 Å². The number of hydrogen-bond donors (Lipinski definition) is 2. The number of carbonyl (C=O) groups is 1. The highest BCUT2D eigenvalue weighted by Crippen LogP contribution is 2.17. The molecule has 0 aliphatic rings. The van der Waals surface area contributed by atoms with Gasteiger partial charge in [0.05, 0.1) is 11.3 Å². The van der Waals surface area contributed by atoms with Crippen LogP contribution in [0.25, 0.3) is 0 Å².